The smallest absolute Gasteiger partial charge is 0.229 e. The van der Waals surface area contributed by atoms with E-state index in [4.69, 9.17) is 9.47 Å². The van der Waals surface area contributed by atoms with Crippen LogP contribution >= 0.6 is 15.9 Å². The topological polar surface area (TPSA) is 78.3 Å². The molecule has 1 atom stereocenters. The highest BCUT2D eigenvalue weighted by atomic mass is 79.9. The molecule has 0 saturated heterocycles. The summed E-state index contributed by atoms with van der Waals surface area (Å²) in [6.45, 7) is 0.186. The van der Waals surface area contributed by atoms with Gasteiger partial charge in [-0.05, 0) is 51.3 Å². The Labute approximate surface area is 168 Å². The van der Waals surface area contributed by atoms with Crippen molar-refractivity contribution in [2.75, 3.05) is 12.4 Å². The van der Waals surface area contributed by atoms with E-state index in [2.05, 4.69) is 31.3 Å². The third kappa shape index (κ3) is 3.57. The van der Waals surface area contributed by atoms with Crippen molar-refractivity contribution in [2.24, 2.45) is 0 Å². The van der Waals surface area contributed by atoms with Gasteiger partial charge in [0.1, 0.15) is 18.8 Å². The second kappa shape index (κ2) is 7.59. The van der Waals surface area contributed by atoms with Crippen LogP contribution in [0.25, 0.3) is 0 Å². The van der Waals surface area contributed by atoms with Crippen LogP contribution in [-0.4, -0.2) is 27.8 Å². The van der Waals surface area contributed by atoms with Gasteiger partial charge in [-0.3, -0.25) is 10.1 Å². The summed E-state index contributed by atoms with van der Waals surface area (Å²) in [5.74, 6) is 0.944. The van der Waals surface area contributed by atoms with Gasteiger partial charge in [-0.2, -0.15) is 10.1 Å². The Morgan fingerprint density at radius 1 is 1.36 bits per heavy atom. The van der Waals surface area contributed by atoms with Crippen LogP contribution in [0.2, 0.25) is 0 Å². The number of carbonyl (C=O) groups is 1. The Kier molecular flexibility index (Phi) is 4.99. The molecule has 28 heavy (non-hydrogen) atoms. The third-order valence-electron chi connectivity index (χ3n) is 4.41. The number of rotatable bonds is 5. The number of hydrogen-bond acceptors (Lipinski definition) is 5. The minimum Gasteiger partial charge on any atom is -0.493 e. The van der Waals surface area contributed by atoms with Crippen LogP contribution in [0.15, 0.2) is 47.2 Å². The highest BCUT2D eigenvalue weighted by Gasteiger charge is 2.29. The Hall–Kier alpha value is -2.94. The second-order valence-corrected chi connectivity index (χ2v) is 7.10. The highest BCUT2D eigenvalue weighted by molar-refractivity contribution is 9.10. The van der Waals surface area contributed by atoms with E-state index in [9.17, 15) is 9.18 Å². The SMILES string of the molecule is COc1cc(C2CC(=O)Nc3ncnn32)cc(Br)c1OCc1cccc(F)c1. The van der Waals surface area contributed by atoms with E-state index in [1.807, 2.05) is 6.07 Å². The van der Waals surface area contributed by atoms with Crippen LogP contribution in [0.4, 0.5) is 10.3 Å². The minimum absolute atomic E-state index is 0.132. The van der Waals surface area contributed by atoms with Gasteiger partial charge in [0.15, 0.2) is 11.5 Å². The Morgan fingerprint density at radius 2 is 2.21 bits per heavy atom. The number of ether oxygens (including phenoxy) is 2. The number of anilines is 1. The predicted octanol–water partition coefficient (Wildman–Crippen LogP) is 3.70. The summed E-state index contributed by atoms with van der Waals surface area (Å²) in [6.07, 6.45) is 1.63. The molecular formula is C19H16BrFN4O3. The summed E-state index contributed by atoms with van der Waals surface area (Å²) in [5, 5.41) is 6.90. The Balaban J connectivity index is 1.64. The first-order chi connectivity index (χ1) is 13.5. The molecule has 0 bridgehead atoms. The van der Waals surface area contributed by atoms with Gasteiger partial charge in [0.25, 0.3) is 0 Å². The highest BCUT2D eigenvalue weighted by Crippen LogP contribution is 2.40. The normalized spacial score (nSPS) is 15.7. The number of fused-ring (bicyclic) bond motifs is 1. The lowest BCUT2D eigenvalue weighted by molar-refractivity contribution is -0.117. The van der Waals surface area contributed by atoms with Crippen molar-refractivity contribution in [1.82, 2.24) is 14.8 Å². The molecule has 1 aliphatic rings. The fourth-order valence-corrected chi connectivity index (χ4v) is 3.69. The quantitative estimate of drug-likeness (QED) is 0.646. The zero-order valence-corrected chi connectivity index (χ0v) is 16.4. The fraction of sp³-hybridized carbons (Fsp3) is 0.211. The summed E-state index contributed by atoms with van der Waals surface area (Å²) in [5.41, 5.74) is 1.53. The van der Waals surface area contributed by atoms with E-state index in [1.54, 1.807) is 22.9 Å². The predicted molar refractivity (Wildman–Crippen MR) is 103 cm³/mol. The number of carbonyl (C=O) groups excluding carboxylic acids is 1. The molecule has 9 heteroatoms. The number of methoxy groups -OCH3 is 1. The van der Waals surface area contributed by atoms with Gasteiger partial charge in [0.05, 0.1) is 24.0 Å². The molecule has 7 nitrogen and oxygen atoms in total. The zero-order valence-electron chi connectivity index (χ0n) is 14.9. The van der Waals surface area contributed by atoms with Gasteiger partial charge in [-0.25, -0.2) is 9.07 Å². The van der Waals surface area contributed by atoms with Gasteiger partial charge in [-0.1, -0.05) is 12.1 Å². The van der Waals surface area contributed by atoms with Crippen molar-refractivity contribution < 1.29 is 18.7 Å². The van der Waals surface area contributed by atoms with Gasteiger partial charge in [0, 0.05) is 0 Å². The molecule has 144 valence electrons. The Morgan fingerprint density at radius 3 is 3.00 bits per heavy atom. The first kappa shape index (κ1) is 18.4. The summed E-state index contributed by atoms with van der Waals surface area (Å²) in [6, 6.07) is 9.57. The average Bonchev–Trinajstić information content (AvgIpc) is 3.14. The molecule has 2 heterocycles. The molecule has 2 aromatic carbocycles. The van der Waals surface area contributed by atoms with Crippen molar-refractivity contribution in [3.05, 3.63) is 64.1 Å². The first-order valence-corrected chi connectivity index (χ1v) is 9.28. The fourth-order valence-electron chi connectivity index (χ4n) is 3.12. The molecule has 0 radical (unpaired) electrons. The summed E-state index contributed by atoms with van der Waals surface area (Å²) in [4.78, 5) is 16.1. The molecule has 0 spiro atoms. The molecule has 3 aromatic rings. The maximum absolute atomic E-state index is 13.4. The molecule has 4 rings (SSSR count). The average molecular weight is 447 g/mol. The lowest BCUT2D eigenvalue weighted by atomic mass is 10.0. The van der Waals surface area contributed by atoms with E-state index < -0.39 is 0 Å². The number of hydrogen-bond donors (Lipinski definition) is 1. The minimum atomic E-state index is -0.318. The van der Waals surface area contributed by atoms with Gasteiger partial charge >= 0.3 is 0 Å². The molecule has 0 saturated carbocycles. The molecule has 1 aromatic heterocycles. The first-order valence-electron chi connectivity index (χ1n) is 8.49. The second-order valence-electron chi connectivity index (χ2n) is 6.25. The number of halogens is 2. The number of aromatic nitrogens is 3. The van der Waals surface area contributed by atoms with Crippen molar-refractivity contribution >= 4 is 27.8 Å². The third-order valence-corrected chi connectivity index (χ3v) is 5.00. The van der Waals surface area contributed by atoms with Gasteiger partial charge < -0.3 is 9.47 Å². The van der Waals surface area contributed by atoms with E-state index in [1.165, 1.54) is 25.6 Å². The summed E-state index contributed by atoms with van der Waals surface area (Å²) < 4.78 is 27.0. The van der Waals surface area contributed by atoms with Crippen molar-refractivity contribution in [3.63, 3.8) is 0 Å². The van der Waals surface area contributed by atoms with Crippen LogP contribution in [0, 0.1) is 5.82 Å². The van der Waals surface area contributed by atoms with Crippen molar-refractivity contribution in [1.29, 1.82) is 0 Å². The van der Waals surface area contributed by atoms with E-state index >= 15 is 0 Å². The van der Waals surface area contributed by atoms with Crippen LogP contribution in [-0.2, 0) is 11.4 Å². The lowest BCUT2D eigenvalue weighted by Gasteiger charge is -2.25. The van der Waals surface area contributed by atoms with E-state index in [0.717, 1.165) is 5.56 Å². The number of nitrogens with zero attached hydrogens (tertiary/aromatic N) is 3. The molecule has 0 fully saturated rings. The molecule has 1 N–H and O–H groups in total. The van der Waals surface area contributed by atoms with Crippen molar-refractivity contribution in [2.45, 2.75) is 19.1 Å². The number of nitrogens with one attached hydrogen (secondary N) is 1. The molecular weight excluding hydrogens is 431 g/mol. The molecule has 1 aliphatic heterocycles. The Bertz CT molecular complexity index is 1040. The van der Waals surface area contributed by atoms with Crippen LogP contribution in [0.5, 0.6) is 11.5 Å². The van der Waals surface area contributed by atoms with Crippen LogP contribution in [0.1, 0.15) is 23.6 Å². The molecule has 1 amide bonds. The maximum Gasteiger partial charge on any atom is 0.229 e. The van der Waals surface area contributed by atoms with E-state index in [-0.39, 0.29) is 30.8 Å². The number of benzene rings is 2. The monoisotopic (exact) mass is 446 g/mol. The molecule has 1 unspecified atom stereocenters. The van der Waals surface area contributed by atoms with Crippen molar-refractivity contribution in [3.8, 4) is 11.5 Å². The zero-order chi connectivity index (χ0) is 19.7. The van der Waals surface area contributed by atoms with Crippen LogP contribution in [0.3, 0.4) is 0 Å². The molecule has 0 aliphatic carbocycles. The number of amides is 1. The standard InChI is InChI=1S/C19H16BrFN4O3/c1-27-16-7-12(15-8-17(26)24-19-22-10-23-25(15)19)6-14(20)18(16)28-9-11-3-2-4-13(21)5-11/h2-7,10,15H,8-9H2,1H3,(H,22,23,24,26). The van der Waals surface area contributed by atoms with Gasteiger partial charge in [-0.15, -0.1) is 0 Å². The van der Waals surface area contributed by atoms with E-state index in [0.29, 0.717) is 27.5 Å². The van der Waals surface area contributed by atoms with Gasteiger partial charge in [0.2, 0.25) is 11.9 Å². The maximum atomic E-state index is 13.4. The largest absolute Gasteiger partial charge is 0.493 e. The summed E-state index contributed by atoms with van der Waals surface area (Å²) in [7, 11) is 1.54. The van der Waals surface area contributed by atoms with Crippen LogP contribution < -0.4 is 14.8 Å². The summed E-state index contributed by atoms with van der Waals surface area (Å²) >= 11 is 3.51. The lowest BCUT2D eigenvalue weighted by Crippen LogP contribution is -2.29.